The van der Waals surface area contributed by atoms with Gasteiger partial charge in [-0.15, -0.1) is 0 Å². The first kappa shape index (κ1) is 9.56. The van der Waals surface area contributed by atoms with Crippen molar-refractivity contribution in [3.63, 3.8) is 0 Å². The standard InChI is InChI=1S/C10H19NO/c1-8(2)4-3-5-9-6-7-11-10(9)12/h8-9H,3-7H2,1-2H3,(H,11,12). The van der Waals surface area contributed by atoms with Crippen molar-refractivity contribution in [2.75, 3.05) is 6.54 Å². The fraction of sp³-hybridized carbons (Fsp3) is 0.900. The SMILES string of the molecule is CC(C)CCCC1CCNC1=O. The van der Waals surface area contributed by atoms with Gasteiger partial charge in [0.05, 0.1) is 0 Å². The smallest absolute Gasteiger partial charge is 0.223 e. The van der Waals surface area contributed by atoms with Crippen molar-refractivity contribution in [1.82, 2.24) is 5.32 Å². The fourth-order valence-electron chi connectivity index (χ4n) is 1.69. The summed E-state index contributed by atoms with van der Waals surface area (Å²) >= 11 is 0. The van der Waals surface area contributed by atoms with Gasteiger partial charge in [0.15, 0.2) is 0 Å². The second-order valence-corrected chi connectivity index (χ2v) is 4.10. The van der Waals surface area contributed by atoms with E-state index in [1.807, 2.05) is 0 Å². The molecule has 12 heavy (non-hydrogen) atoms. The van der Waals surface area contributed by atoms with Gasteiger partial charge in [0.25, 0.3) is 0 Å². The molecule has 0 aromatic rings. The average Bonchev–Trinajstić information content (AvgIpc) is 2.36. The molecule has 2 nitrogen and oxygen atoms in total. The summed E-state index contributed by atoms with van der Waals surface area (Å²) in [5, 5.41) is 2.87. The van der Waals surface area contributed by atoms with Crippen molar-refractivity contribution in [1.29, 1.82) is 0 Å². The molecule has 1 amide bonds. The first-order valence-corrected chi connectivity index (χ1v) is 4.98. The van der Waals surface area contributed by atoms with Gasteiger partial charge in [-0.25, -0.2) is 0 Å². The maximum atomic E-state index is 11.1. The average molecular weight is 169 g/mol. The molecule has 1 aliphatic heterocycles. The molecule has 0 aliphatic carbocycles. The lowest BCUT2D eigenvalue weighted by atomic mass is 9.97. The van der Waals surface area contributed by atoms with Crippen LogP contribution in [0.2, 0.25) is 0 Å². The fourth-order valence-corrected chi connectivity index (χ4v) is 1.69. The Bertz CT molecular complexity index is 154. The van der Waals surface area contributed by atoms with Gasteiger partial charge in [0.2, 0.25) is 5.91 Å². The zero-order valence-corrected chi connectivity index (χ0v) is 8.10. The Morgan fingerprint density at radius 1 is 1.58 bits per heavy atom. The highest BCUT2D eigenvalue weighted by molar-refractivity contribution is 5.80. The third-order valence-corrected chi connectivity index (χ3v) is 2.50. The number of rotatable bonds is 4. The Morgan fingerprint density at radius 2 is 2.33 bits per heavy atom. The largest absolute Gasteiger partial charge is 0.356 e. The van der Waals surface area contributed by atoms with E-state index in [4.69, 9.17) is 0 Å². The molecule has 1 heterocycles. The van der Waals surface area contributed by atoms with Gasteiger partial charge in [-0.05, 0) is 18.8 Å². The van der Waals surface area contributed by atoms with Crippen LogP contribution in [-0.2, 0) is 4.79 Å². The van der Waals surface area contributed by atoms with E-state index in [9.17, 15) is 4.79 Å². The summed E-state index contributed by atoms with van der Waals surface area (Å²) in [5.74, 6) is 1.37. The molecule has 0 aromatic heterocycles. The van der Waals surface area contributed by atoms with Gasteiger partial charge in [0, 0.05) is 12.5 Å². The predicted octanol–water partition coefficient (Wildman–Crippen LogP) is 1.95. The molecular weight excluding hydrogens is 150 g/mol. The summed E-state index contributed by atoms with van der Waals surface area (Å²) in [7, 11) is 0. The molecule has 2 heteroatoms. The lowest BCUT2D eigenvalue weighted by Crippen LogP contribution is -2.18. The molecule has 1 rings (SSSR count). The molecule has 70 valence electrons. The number of hydrogen-bond acceptors (Lipinski definition) is 1. The van der Waals surface area contributed by atoms with Gasteiger partial charge < -0.3 is 5.32 Å². The second-order valence-electron chi connectivity index (χ2n) is 4.10. The Balaban J connectivity index is 2.10. The number of carbonyl (C=O) groups is 1. The van der Waals surface area contributed by atoms with Crippen molar-refractivity contribution in [3.05, 3.63) is 0 Å². The quantitative estimate of drug-likeness (QED) is 0.684. The zero-order valence-electron chi connectivity index (χ0n) is 8.10. The molecule has 1 N–H and O–H groups in total. The van der Waals surface area contributed by atoms with Crippen molar-refractivity contribution in [2.45, 2.75) is 39.5 Å². The molecule has 1 saturated heterocycles. The van der Waals surface area contributed by atoms with Crippen molar-refractivity contribution in [2.24, 2.45) is 11.8 Å². The third-order valence-electron chi connectivity index (χ3n) is 2.50. The second kappa shape index (κ2) is 4.48. The Hall–Kier alpha value is -0.530. The number of amides is 1. The first-order valence-electron chi connectivity index (χ1n) is 4.98. The topological polar surface area (TPSA) is 29.1 Å². The van der Waals surface area contributed by atoms with Crippen LogP contribution in [0.5, 0.6) is 0 Å². The highest BCUT2D eigenvalue weighted by atomic mass is 16.2. The summed E-state index contributed by atoms with van der Waals surface area (Å²) < 4.78 is 0. The van der Waals surface area contributed by atoms with Crippen molar-refractivity contribution < 1.29 is 4.79 Å². The third kappa shape index (κ3) is 2.84. The first-order chi connectivity index (χ1) is 5.70. The summed E-state index contributed by atoms with van der Waals surface area (Å²) in [6.07, 6.45) is 4.60. The minimum absolute atomic E-state index is 0.277. The highest BCUT2D eigenvalue weighted by Gasteiger charge is 2.22. The van der Waals surface area contributed by atoms with E-state index in [-0.39, 0.29) is 5.91 Å². The van der Waals surface area contributed by atoms with E-state index in [0.29, 0.717) is 5.92 Å². The Morgan fingerprint density at radius 3 is 2.83 bits per heavy atom. The van der Waals surface area contributed by atoms with E-state index in [1.165, 1.54) is 12.8 Å². The molecule has 1 fully saturated rings. The van der Waals surface area contributed by atoms with Gasteiger partial charge >= 0.3 is 0 Å². The van der Waals surface area contributed by atoms with Crippen LogP contribution < -0.4 is 5.32 Å². The van der Waals surface area contributed by atoms with Crippen molar-refractivity contribution >= 4 is 5.91 Å². The molecule has 0 aromatic carbocycles. The summed E-state index contributed by atoms with van der Waals surface area (Å²) in [6.45, 7) is 5.36. The number of nitrogens with one attached hydrogen (secondary N) is 1. The van der Waals surface area contributed by atoms with E-state index in [0.717, 1.165) is 25.3 Å². The molecule has 0 bridgehead atoms. The summed E-state index contributed by atoms with van der Waals surface area (Å²) in [4.78, 5) is 11.1. The molecule has 0 spiro atoms. The molecule has 1 unspecified atom stereocenters. The molecular formula is C10H19NO. The number of carbonyl (C=O) groups excluding carboxylic acids is 1. The van der Waals surface area contributed by atoms with Crippen LogP contribution in [0.1, 0.15) is 39.5 Å². The molecule has 1 aliphatic rings. The normalized spacial score (nSPS) is 23.2. The minimum Gasteiger partial charge on any atom is -0.356 e. The van der Waals surface area contributed by atoms with Crippen LogP contribution in [0, 0.1) is 11.8 Å². The van der Waals surface area contributed by atoms with E-state index in [2.05, 4.69) is 19.2 Å². The Labute approximate surface area is 74.7 Å². The lowest BCUT2D eigenvalue weighted by molar-refractivity contribution is -0.122. The predicted molar refractivity (Wildman–Crippen MR) is 49.8 cm³/mol. The van der Waals surface area contributed by atoms with Crippen molar-refractivity contribution in [3.8, 4) is 0 Å². The molecule has 1 atom stereocenters. The Kier molecular flexibility index (Phi) is 3.57. The van der Waals surface area contributed by atoms with Crippen LogP contribution in [0.3, 0.4) is 0 Å². The number of hydrogen-bond donors (Lipinski definition) is 1. The van der Waals surface area contributed by atoms with Crippen LogP contribution in [0.25, 0.3) is 0 Å². The zero-order chi connectivity index (χ0) is 8.97. The van der Waals surface area contributed by atoms with Crippen LogP contribution in [-0.4, -0.2) is 12.5 Å². The van der Waals surface area contributed by atoms with E-state index >= 15 is 0 Å². The summed E-state index contributed by atoms with van der Waals surface area (Å²) in [6, 6.07) is 0. The van der Waals surface area contributed by atoms with Crippen LogP contribution >= 0.6 is 0 Å². The van der Waals surface area contributed by atoms with Crippen LogP contribution in [0.15, 0.2) is 0 Å². The van der Waals surface area contributed by atoms with E-state index < -0.39 is 0 Å². The molecule has 0 radical (unpaired) electrons. The van der Waals surface area contributed by atoms with E-state index in [1.54, 1.807) is 0 Å². The minimum atomic E-state index is 0.277. The highest BCUT2D eigenvalue weighted by Crippen LogP contribution is 2.18. The summed E-state index contributed by atoms with van der Waals surface area (Å²) in [5.41, 5.74) is 0. The van der Waals surface area contributed by atoms with Gasteiger partial charge in [-0.2, -0.15) is 0 Å². The molecule has 0 saturated carbocycles. The van der Waals surface area contributed by atoms with Gasteiger partial charge in [-0.3, -0.25) is 4.79 Å². The maximum Gasteiger partial charge on any atom is 0.223 e. The maximum absolute atomic E-state index is 11.1. The monoisotopic (exact) mass is 169 g/mol. The van der Waals surface area contributed by atoms with Gasteiger partial charge in [0.1, 0.15) is 0 Å². The lowest BCUT2D eigenvalue weighted by Gasteiger charge is -2.07. The van der Waals surface area contributed by atoms with Gasteiger partial charge in [-0.1, -0.05) is 26.7 Å². The van der Waals surface area contributed by atoms with Crippen LogP contribution in [0.4, 0.5) is 0 Å².